The van der Waals surface area contributed by atoms with Crippen LogP contribution in [0.5, 0.6) is 0 Å². The van der Waals surface area contributed by atoms with Crippen molar-refractivity contribution >= 4 is 40.8 Å². The number of aliphatic imine (C=N–C) groups is 1. The molecule has 1 aromatic rings. The number of benzene rings is 1. The molecule has 1 fully saturated rings. The monoisotopic (exact) mass is 549 g/mol. The second-order valence-electron chi connectivity index (χ2n) is 9.48. The minimum absolute atomic E-state index is 0.00911. The van der Waals surface area contributed by atoms with Gasteiger partial charge in [-0.15, -0.1) is 0 Å². The fourth-order valence-corrected chi connectivity index (χ4v) is 4.67. The van der Waals surface area contributed by atoms with Crippen molar-refractivity contribution in [2.24, 2.45) is 27.9 Å². The van der Waals surface area contributed by atoms with Gasteiger partial charge in [-0.3, -0.25) is 34.0 Å². The molecule has 0 bridgehead atoms. The first kappa shape index (κ1) is 31.4. The third kappa shape index (κ3) is 12.2. The second-order valence-corrected chi connectivity index (χ2v) is 9.66. The van der Waals surface area contributed by atoms with Gasteiger partial charge in [-0.05, 0) is 36.3 Å². The van der Waals surface area contributed by atoms with E-state index in [-0.39, 0.29) is 32.2 Å². The number of carbonyl (C=O) groups excluding carboxylic acids is 3. The van der Waals surface area contributed by atoms with Gasteiger partial charge in [0, 0.05) is 58.4 Å². The van der Waals surface area contributed by atoms with Gasteiger partial charge in [0.2, 0.25) is 17.7 Å². The van der Waals surface area contributed by atoms with Crippen LogP contribution in [0.25, 0.3) is 0 Å². The lowest BCUT2D eigenvalue weighted by Crippen LogP contribution is -2.55. The Morgan fingerprint density at radius 3 is 1.87 bits per heavy atom. The number of rotatable bonds is 11. The van der Waals surface area contributed by atoms with E-state index in [1.54, 1.807) is 0 Å². The molecule has 0 radical (unpaired) electrons. The van der Waals surface area contributed by atoms with E-state index >= 15 is 0 Å². The van der Waals surface area contributed by atoms with Crippen LogP contribution in [0.4, 0.5) is 5.69 Å². The van der Waals surface area contributed by atoms with Crippen molar-refractivity contribution in [2.45, 2.75) is 18.7 Å². The smallest absolute Gasteiger partial charge is 0.231 e. The summed E-state index contributed by atoms with van der Waals surface area (Å²) in [5.74, 6) is -1.41. The molecule has 0 aliphatic carbocycles. The first-order chi connectivity index (χ1) is 18.0. The second kappa shape index (κ2) is 16.2. The van der Waals surface area contributed by atoms with Crippen LogP contribution in [0.1, 0.15) is 5.56 Å². The largest absolute Gasteiger partial charge is 0.377 e. The Balaban J connectivity index is 2.40. The van der Waals surface area contributed by atoms with Crippen LogP contribution in [-0.2, 0) is 20.8 Å². The lowest BCUT2D eigenvalue weighted by molar-refractivity contribution is -0.121. The molecule has 210 valence electrons. The van der Waals surface area contributed by atoms with Crippen LogP contribution in [-0.4, -0.2) is 132 Å². The van der Waals surface area contributed by atoms with Gasteiger partial charge in [-0.2, -0.15) is 4.99 Å². The molecule has 3 amide bonds. The number of thiocarbonyl (C=S) groups is 1. The van der Waals surface area contributed by atoms with Crippen molar-refractivity contribution in [1.82, 2.24) is 19.6 Å². The summed E-state index contributed by atoms with van der Waals surface area (Å²) in [6.07, 6.45) is -0.511. The molecule has 1 aliphatic rings. The van der Waals surface area contributed by atoms with Gasteiger partial charge in [-0.25, -0.2) is 0 Å². The van der Waals surface area contributed by atoms with Crippen molar-refractivity contribution in [3.05, 3.63) is 29.8 Å². The number of primary amides is 3. The minimum Gasteiger partial charge on any atom is -0.377 e. The first-order valence-electron chi connectivity index (χ1n) is 12.4. The van der Waals surface area contributed by atoms with E-state index in [4.69, 9.17) is 22.9 Å². The molecule has 1 aromatic carbocycles. The Morgan fingerprint density at radius 2 is 1.39 bits per heavy atom. The average Bonchev–Trinajstić information content (AvgIpc) is 2.82. The SMILES string of the molecule is NC(=O)CN1CCN(CC(N)=O)CCN(CC(N)=O)C(Cc2ccc(N=C=S)cc2)CN(CC(N)O)CC1. The van der Waals surface area contributed by atoms with Crippen LogP contribution < -0.4 is 22.9 Å². The summed E-state index contributed by atoms with van der Waals surface area (Å²) >= 11 is 4.67. The predicted octanol–water partition coefficient (Wildman–Crippen LogP) is -2.71. The number of hydrogen-bond donors (Lipinski definition) is 5. The van der Waals surface area contributed by atoms with Gasteiger partial charge in [-0.1, -0.05) is 12.1 Å². The van der Waals surface area contributed by atoms with Crippen LogP contribution in [0.15, 0.2) is 29.3 Å². The maximum Gasteiger partial charge on any atom is 0.231 e. The molecule has 2 atom stereocenters. The molecular formula is C24H39N9O4S. The summed E-state index contributed by atoms with van der Waals surface area (Å²) in [6.45, 7) is 3.54. The number of isothiocyanates is 1. The molecule has 38 heavy (non-hydrogen) atoms. The van der Waals surface area contributed by atoms with Crippen molar-refractivity contribution < 1.29 is 19.5 Å². The molecule has 1 aliphatic heterocycles. The summed E-state index contributed by atoms with van der Waals surface area (Å²) in [4.78, 5) is 47.2. The number of amides is 3. The highest BCUT2D eigenvalue weighted by Crippen LogP contribution is 2.17. The van der Waals surface area contributed by atoms with Crippen molar-refractivity contribution in [3.63, 3.8) is 0 Å². The number of aliphatic hydroxyl groups excluding tert-OH is 1. The molecule has 14 heteroatoms. The summed E-state index contributed by atoms with van der Waals surface area (Å²) in [5, 5.41) is 12.3. The minimum atomic E-state index is -1.07. The summed E-state index contributed by atoms with van der Waals surface area (Å²) in [7, 11) is 0. The normalized spacial score (nSPS) is 20.0. The maximum absolute atomic E-state index is 12.1. The molecule has 1 heterocycles. The number of hydrogen-bond acceptors (Lipinski definition) is 11. The molecule has 13 nitrogen and oxygen atoms in total. The zero-order valence-electron chi connectivity index (χ0n) is 21.6. The highest BCUT2D eigenvalue weighted by atomic mass is 32.1. The van der Waals surface area contributed by atoms with E-state index < -0.39 is 23.9 Å². The van der Waals surface area contributed by atoms with Gasteiger partial charge >= 0.3 is 0 Å². The van der Waals surface area contributed by atoms with E-state index in [1.165, 1.54) is 0 Å². The first-order valence-corrected chi connectivity index (χ1v) is 12.8. The quantitative estimate of drug-likeness (QED) is 0.110. The van der Waals surface area contributed by atoms with E-state index in [0.29, 0.717) is 57.9 Å². The molecule has 0 spiro atoms. The molecule has 2 rings (SSSR count). The van der Waals surface area contributed by atoms with E-state index in [0.717, 1.165) is 5.56 Å². The topological polar surface area (TPSA) is 201 Å². The molecule has 2 unspecified atom stereocenters. The lowest BCUT2D eigenvalue weighted by Gasteiger charge is -2.38. The van der Waals surface area contributed by atoms with Crippen LogP contribution >= 0.6 is 12.2 Å². The van der Waals surface area contributed by atoms with Gasteiger partial charge in [0.05, 0.1) is 30.5 Å². The predicted molar refractivity (Wildman–Crippen MR) is 147 cm³/mol. The van der Waals surface area contributed by atoms with Gasteiger partial charge in [0.1, 0.15) is 6.23 Å². The third-order valence-corrected chi connectivity index (χ3v) is 6.39. The maximum atomic E-state index is 12.1. The van der Waals surface area contributed by atoms with Gasteiger partial charge < -0.3 is 28.0 Å². The Kier molecular flexibility index (Phi) is 13.4. The van der Waals surface area contributed by atoms with Crippen LogP contribution in [0, 0.1) is 0 Å². The van der Waals surface area contributed by atoms with Crippen LogP contribution in [0.3, 0.4) is 0 Å². The summed E-state index contributed by atoms with van der Waals surface area (Å²) in [5.41, 5.74) is 24.0. The fourth-order valence-electron chi connectivity index (χ4n) is 4.57. The number of β-amino-alcohol motifs (C(OH)–C–C–N with tert-alkyl or cyclic N) is 1. The number of carbonyl (C=O) groups is 3. The molecule has 9 N–H and O–H groups in total. The zero-order valence-corrected chi connectivity index (χ0v) is 22.4. The fraction of sp³-hybridized carbons (Fsp3) is 0.583. The van der Waals surface area contributed by atoms with E-state index in [9.17, 15) is 19.5 Å². The zero-order chi connectivity index (χ0) is 28.1. The Hall–Kier alpha value is -2.81. The van der Waals surface area contributed by atoms with Crippen molar-refractivity contribution in [1.29, 1.82) is 0 Å². The van der Waals surface area contributed by atoms with Gasteiger partial charge in [0.25, 0.3) is 0 Å². The number of nitrogens with two attached hydrogens (primary N) is 4. The third-order valence-electron chi connectivity index (χ3n) is 6.30. The Labute approximate surface area is 228 Å². The van der Waals surface area contributed by atoms with E-state index in [2.05, 4.69) is 22.4 Å². The van der Waals surface area contributed by atoms with E-state index in [1.807, 2.05) is 43.9 Å². The summed E-state index contributed by atoms with van der Waals surface area (Å²) in [6, 6.07) is 7.33. The molecular weight excluding hydrogens is 510 g/mol. The van der Waals surface area contributed by atoms with Crippen molar-refractivity contribution in [2.75, 3.05) is 72.0 Å². The number of aliphatic hydroxyl groups is 1. The standard InChI is InChI=1S/C24H39N9O4S/c25-21(34)13-30-5-6-31(14-22(26)35)9-10-33(16-24(28)37)20(12-32(8-7-30)15-23(27)36)11-18-1-3-19(4-2-18)29-17-38/h1-4,20,23,36H,5-16,27H2,(H2,25,34)(H2,26,35)(H2,28,37). The number of nitrogens with zero attached hydrogens (tertiary/aromatic N) is 5. The highest BCUT2D eigenvalue weighted by molar-refractivity contribution is 7.78. The van der Waals surface area contributed by atoms with Crippen LogP contribution in [0.2, 0.25) is 0 Å². The molecule has 1 saturated heterocycles. The Morgan fingerprint density at radius 1 is 0.895 bits per heavy atom. The Bertz CT molecular complexity index is 972. The van der Waals surface area contributed by atoms with Gasteiger partial charge in [0.15, 0.2) is 0 Å². The summed E-state index contributed by atoms with van der Waals surface area (Å²) < 4.78 is 0. The molecule has 0 saturated carbocycles. The van der Waals surface area contributed by atoms with Crippen molar-refractivity contribution in [3.8, 4) is 0 Å². The highest BCUT2D eigenvalue weighted by Gasteiger charge is 2.26. The average molecular weight is 550 g/mol. The molecule has 0 aromatic heterocycles. The lowest BCUT2D eigenvalue weighted by atomic mass is 10.0.